The first kappa shape index (κ1) is 11.9. The maximum Gasteiger partial charge on any atom is 0.138 e. The van der Waals surface area contributed by atoms with E-state index in [2.05, 4.69) is 23.7 Å². The molecule has 15 heavy (non-hydrogen) atoms. The molecule has 1 aromatic heterocycles. The minimum absolute atomic E-state index is 0.410. The van der Waals surface area contributed by atoms with E-state index in [-0.39, 0.29) is 0 Å². The molecule has 0 aliphatic carbocycles. The lowest BCUT2D eigenvalue weighted by molar-refractivity contribution is 0.778. The first-order valence-corrected chi connectivity index (χ1v) is 5.61. The lowest BCUT2D eigenvalue weighted by Crippen LogP contribution is -2.27. The van der Waals surface area contributed by atoms with Gasteiger partial charge in [-0.05, 0) is 25.5 Å². The van der Waals surface area contributed by atoms with Crippen LogP contribution < -0.4 is 10.6 Å². The fraction of sp³-hybridized carbons (Fsp3) is 0.455. The number of nitrogens with zero attached hydrogens (tertiary/aromatic N) is 2. The summed E-state index contributed by atoms with van der Waals surface area (Å²) in [5.74, 6) is 0.898. The summed E-state index contributed by atoms with van der Waals surface area (Å²) < 4.78 is 0. The van der Waals surface area contributed by atoms with Crippen molar-refractivity contribution in [2.24, 2.45) is 5.73 Å². The van der Waals surface area contributed by atoms with Crippen LogP contribution in [0.15, 0.2) is 18.3 Å². The van der Waals surface area contributed by atoms with Crippen molar-refractivity contribution in [2.45, 2.75) is 20.3 Å². The van der Waals surface area contributed by atoms with Crippen molar-refractivity contribution in [3.63, 3.8) is 0 Å². The van der Waals surface area contributed by atoms with Gasteiger partial charge in [-0.3, -0.25) is 0 Å². The van der Waals surface area contributed by atoms with Crippen LogP contribution in [0.5, 0.6) is 0 Å². The van der Waals surface area contributed by atoms with Gasteiger partial charge in [0.05, 0.1) is 5.56 Å². The van der Waals surface area contributed by atoms with Crippen LogP contribution in [0, 0.1) is 0 Å². The van der Waals surface area contributed by atoms with Gasteiger partial charge >= 0.3 is 0 Å². The van der Waals surface area contributed by atoms with E-state index < -0.39 is 0 Å². The Hall–Kier alpha value is -1.16. The molecule has 0 unspecified atom stereocenters. The molecule has 0 atom stereocenters. The third-order valence-corrected chi connectivity index (χ3v) is 2.45. The fourth-order valence-electron chi connectivity index (χ4n) is 1.52. The molecule has 1 rings (SSSR count). The molecule has 0 fully saturated rings. The van der Waals surface area contributed by atoms with Gasteiger partial charge in [-0.2, -0.15) is 0 Å². The molecule has 82 valence electrons. The Balaban J connectivity index is 3.04. The van der Waals surface area contributed by atoms with Crippen LogP contribution in [-0.2, 0) is 0 Å². The van der Waals surface area contributed by atoms with Gasteiger partial charge in [0.2, 0.25) is 0 Å². The average molecular weight is 223 g/mol. The van der Waals surface area contributed by atoms with Gasteiger partial charge in [-0.15, -0.1) is 0 Å². The van der Waals surface area contributed by atoms with E-state index in [1.165, 1.54) is 0 Å². The number of hydrogen-bond donors (Lipinski definition) is 1. The van der Waals surface area contributed by atoms with E-state index in [9.17, 15) is 0 Å². The Morgan fingerprint density at radius 1 is 1.53 bits per heavy atom. The molecule has 0 amide bonds. The molecular weight excluding hydrogens is 206 g/mol. The minimum Gasteiger partial charge on any atom is -0.389 e. The molecule has 0 aliphatic rings. The maximum absolute atomic E-state index is 5.67. The SMILES string of the molecule is CCCN(CC)c1ncccc1C(N)=S. The van der Waals surface area contributed by atoms with E-state index in [4.69, 9.17) is 18.0 Å². The number of aromatic nitrogens is 1. The number of hydrogen-bond acceptors (Lipinski definition) is 3. The zero-order valence-electron chi connectivity index (χ0n) is 9.23. The highest BCUT2D eigenvalue weighted by atomic mass is 32.1. The third-order valence-electron chi connectivity index (χ3n) is 2.23. The van der Waals surface area contributed by atoms with Crippen LogP contribution >= 0.6 is 12.2 Å². The normalized spacial score (nSPS) is 10.0. The number of nitrogens with two attached hydrogens (primary N) is 1. The van der Waals surface area contributed by atoms with E-state index in [1.807, 2.05) is 12.1 Å². The van der Waals surface area contributed by atoms with Crippen LogP contribution in [0.1, 0.15) is 25.8 Å². The smallest absolute Gasteiger partial charge is 0.138 e. The highest BCUT2D eigenvalue weighted by Gasteiger charge is 2.11. The summed E-state index contributed by atoms with van der Waals surface area (Å²) in [6.45, 7) is 6.14. The van der Waals surface area contributed by atoms with Gasteiger partial charge in [-0.1, -0.05) is 19.1 Å². The Kier molecular flexibility index (Phi) is 4.49. The predicted octanol–water partition coefficient (Wildman–Crippen LogP) is 1.95. The number of anilines is 1. The Bertz CT molecular complexity index is 338. The summed E-state index contributed by atoms with van der Waals surface area (Å²) in [5.41, 5.74) is 6.53. The second-order valence-electron chi connectivity index (χ2n) is 3.32. The molecule has 0 saturated heterocycles. The third kappa shape index (κ3) is 2.89. The zero-order chi connectivity index (χ0) is 11.3. The van der Waals surface area contributed by atoms with Gasteiger partial charge in [0, 0.05) is 19.3 Å². The van der Waals surface area contributed by atoms with Crippen molar-refractivity contribution in [2.75, 3.05) is 18.0 Å². The monoisotopic (exact) mass is 223 g/mol. The highest BCUT2D eigenvalue weighted by Crippen LogP contribution is 2.16. The van der Waals surface area contributed by atoms with Crippen LogP contribution in [-0.4, -0.2) is 23.1 Å². The Morgan fingerprint density at radius 2 is 2.27 bits per heavy atom. The average Bonchev–Trinajstić information content (AvgIpc) is 2.26. The Morgan fingerprint density at radius 3 is 2.80 bits per heavy atom. The summed E-state index contributed by atoms with van der Waals surface area (Å²) in [6, 6.07) is 3.78. The van der Waals surface area contributed by atoms with E-state index in [0.29, 0.717) is 4.99 Å². The number of thiocarbonyl (C=S) groups is 1. The second kappa shape index (κ2) is 5.66. The molecule has 3 nitrogen and oxygen atoms in total. The first-order valence-electron chi connectivity index (χ1n) is 5.20. The van der Waals surface area contributed by atoms with Gasteiger partial charge in [-0.25, -0.2) is 4.98 Å². The van der Waals surface area contributed by atoms with Gasteiger partial charge < -0.3 is 10.6 Å². The van der Waals surface area contributed by atoms with E-state index >= 15 is 0 Å². The summed E-state index contributed by atoms with van der Waals surface area (Å²) in [5, 5.41) is 0. The molecule has 0 saturated carbocycles. The lowest BCUT2D eigenvalue weighted by atomic mass is 10.2. The number of rotatable bonds is 5. The highest BCUT2D eigenvalue weighted by molar-refractivity contribution is 7.80. The van der Waals surface area contributed by atoms with Crippen molar-refractivity contribution < 1.29 is 0 Å². The van der Waals surface area contributed by atoms with Gasteiger partial charge in [0.1, 0.15) is 10.8 Å². The van der Waals surface area contributed by atoms with Crippen molar-refractivity contribution in [3.05, 3.63) is 23.9 Å². The standard InChI is InChI=1S/C11H17N3S/c1-3-8-14(4-2)11-9(10(12)15)6-5-7-13-11/h5-7H,3-4,8H2,1-2H3,(H2,12,15). The molecule has 0 aromatic carbocycles. The largest absolute Gasteiger partial charge is 0.389 e. The summed E-state index contributed by atoms with van der Waals surface area (Å²) in [7, 11) is 0. The molecule has 0 bridgehead atoms. The summed E-state index contributed by atoms with van der Waals surface area (Å²) in [4.78, 5) is 6.95. The topological polar surface area (TPSA) is 42.2 Å². The van der Waals surface area contributed by atoms with Crippen molar-refractivity contribution in [1.82, 2.24) is 4.98 Å². The Labute approximate surface area is 96.3 Å². The number of pyridine rings is 1. The van der Waals surface area contributed by atoms with E-state index in [1.54, 1.807) is 6.20 Å². The maximum atomic E-state index is 5.67. The summed E-state index contributed by atoms with van der Waals surface area (Å²) >= 11 is 5.01. The van der Waals surface area contributed by atoms with Crippen molar-refractivity contribution in [1.29, 1.82) is 0 Å². The van der Waals surface area contributed by atoms with Gasteiger partial charge in [0.15, 0.2) is 0 Å². The quantitative estimate of drug-likeness (QED) is 0.775. The molecule has 0 spiro atoms. The van der Waals surface area contributed by atoms with Crippen molar-refractivity contribution >= 4 is 23.0 Å². The van der Waals surface area contributed by atoms with Crippen LogP contribution in [0.4, 0.5) is 5.82 Å². The van der Waals surface area contributed by atoms with Crippen LogP contribution in [0.2, 0.25) is 0 Å². The van der Waals surface area contributed by atoms with Gasteiger partial charge in [0.25, 0.3) is 0 Å². The summed E-state index contributed by atoms with van der Waals surface area (Å²) in [6.07, 6.45) is 2.86. The van der Waals surface area contributed by atoms with Crippen LogP contribution in [0.3, 0.4) is 0 Å². The predicted molar refractivity (Wildman–Crippen MR) is 68.3 cm³/mol. The van der Waals surface area contributed by atoms with E-state index in [0.717, 1.165) is 30.9 Å². The fourth-order valence-corrected chi connectivity index (χ4v) is 1.68. The molecule has 2 N–H and O–H groups in total. The second-order valence-corrected chi connectivity index (χ2v) is 3.76. The van der Waals surface area contributed by atoms with Crippen LogP contribution in [0.25, 0.3) is 0 Å². The molecule has 4 heteroatoms. The first-order chi connectivity index (χ1) is 7.20. The van der Waals surface area contributed by atoms with Crippen molar-refractivity contribution in [3.8, 4) is 0 Å². The lowest BCUT2D eigenvalue weighted by Gasteiger charge is -2.23. The zero-order valence-corrected chi connectivity index (χ0v) is 10.0. The molecule has 0 aliphatic heterocycles. The molecule has 1 aromatic rings. The minimum atomic E-state index is 0.410. The molecule has 1 heterocycles. The molecular formula is C11H17N3S. The molecule has 0 radical (unpaired) electrons.